The number of nitrogens with zero attached hydrogens (tertiary/aromatic N) is 2. The molecule has 2 aromatic heterocycles. The van der Waals surface area contributed by atoms with Crippen LogP contribution in [0.15, 0.2) is 103 Å². The standard InChI is InChI=1S/C23H21FN2O5.C22H21ClN2O4/c24-15-2-3-17-18(27)11-22(31-20(17)10-15)23(28)25-16-5-7-26(8-6-16)12-14-1-4-19-21(9-14)30-13-29-19;23-15-2-4-19-17(10-15)18(11-22(26)29-19)24-16-5-7-25(8-6-16)12-14-1-3-20-21(9-14)28-13-27-20/h1-4,9-11,16H,5-8,12-13H2,(H,25,28);1-4,9-11,16,24H,5-8,12-13H2. The van der Waals surface area contributed by atoms with Crippen molar-refractivity contribution in [2.75, 3.05) is 45.1 Å². The number of hydrogen-bond donors (Lipinski definition) is 2. The molecule has 0 atom stereocenters. The van der Waals surface area contributed by atoms with E-state index in [2.05, 4.69) is 32.6 Å². The van der Waals surface area contributed by atoms with Gasteiger partial charge in [0, 0.05) is 80.0 Å². The first-order valence-corrected chi connectivity index (χ1v) is 20.3. The minimum absolute atomic E-state index is 0.0194. The van der Waals surface area contributed by atoms with Crippen LogP contribution in [0.5, 0.6) is 23.0 Å². The van der Waals surface area contributed by atoms with Crippen molar-refractivity contribution in [2.24, 2.45) is 0 Å². The lowest BCUT2D eigenvalue weighted by atomic mass is 10.0. The molecule has 2 saturated heterocycles. The second-order valence-corrected chi connectivity index (χ2v) is 15.8. The first-order chi connectivity index (χ1) is 29.2. The number of hydrogen-bond acceptors (Lipinski definition) is 12. The highest BCUT2D eigenvalue weighted by molar-refractivity contribution is 6.31. The lowest BCUT2D eigenvalue weighted by Crippen LogP contribution is -2.44. The van der Waals surface area contributed by atoms with Crippen LogP contribution in [0, 0.1) is 5.82 Å². The molecule has 15 heteroatoms. The Hall–Kier alpha value is -6.09. The summed E-state index contributed by atoms with van der Waals surface area (Å²) < 4.78 is 45.8. The van der Waals surface area contributed by atoms with Crippen LogP contribution in [0.4, 0.5) is 10.1 Å². The molecule has 6 aromatic rings. The van der Waals surface area contributed by atoms with Gasteiger partial charge in [-0.1, -0.05) is 23.7 Å². The third-order valence-electron chi connectivity index (χ3n) is 11.2. The smallest absolute Gasteiger partial charge is 0.338 e. The summed E-state index contributed by atoms with van der Waals surface area (Å²) in [4.78, 5) is 41.5. The van der Waals surface area contributed by atoms with Crippen molar-refractivity contribution < 1.29 is 37.0 Å². The number of amides is 1. The van der Waals surface area contributed by atoms with Gasteiger partial charge < -0.3 is 38.4 Å². The number of carbonyl (C=O) groups is 1. The van der Waals surface area contributed by atoms with Gasteiger partial charge >= 0.3 is 5.63 Å². The van der Waals surface area contributed by atoms with Crippen molar-refractivity contribution in [1.82, 2.24) is 15.1 Å². The predicted molar refractivity (Wildman–Crippen MR) is 223 cm³/mol. The minimum atomic E-state index is -0.525. The second kappa shape index (κ2) is 17.3. The molecule has 4 aliphatic heterocycles. The molecule has 2 N–H and O–H groups in total. The van der Waals surface area contributed by atoms with Crippen LogP contribution in [0.2, 0.25) is 5.02 Å². The van der Waals surface area contributed by atoms with Gasteiger partial charge in [0.1, 0.15) is 17.0 Å². The zero-order valence-corrected chi connectivity index (χ0v) is 33.3. The van der Waals surface area contributed by atoms with E-state index in [1.807, 2.05) is 30.3 Å². The van der Waals surface area contributed by atoms with Crippen LogP contribution in [0.1, 0.15) is 47.4 Å². The molecule has 2 fully saturated rings. The van der Waals surface area contributed by atoms with E-state index in [1.54, 1.807) is 12.1 Å². The van der Waals surface area contributed by atoms with Crippen molar-refractivity contribution in [3.8, 4) is 23.0 Å². The Morgan fingerprint density at radius 3 is 1.92 bits per heavy atom. The molecule has 10 rings (SSSR count). The van der Waals surface area contributed by atoms with Crippen molar-refractivity contribution in [3.63, 3.8) is 0 Å². The number of likely N-dealkylation sites (tertiary alicyclic amines) is 2. The van der Waals surface area contributed by atoms with E-state index in [0.29, 0.717) is 23.4 Å². The maximum absolute atomic E-state index is 13.5. The normalized spacial score (nSPS) is 16.8. The number of fused-ring (bicyclic) bond motifs is 4. The third kappa shape index (κ3) is 9.05. The fraction of sp³-hybridized carbons (Fsp3) is 0.311. The fourth-order valence-corrected chi connectivity index (χ4v) is 8.21. The summed E-state index contributed by atoms with van der Waals surface area (Å²) >= 11 is 6.13. The van der Waals surface area contributed by atoms with Crippen LogP contribution in [-0.4, -0.2) is 67.6 Å². The number of anilines is 1. The van der Waals surface area contributed by atoms with Gasteiger partial charge in [0.25, 0.3) is 5.91 Å². The SMILES string of the molecule is O=C(NC1CCN(Cc2ccc3c(c2)OCO3)CC1)c1cc(=O)c2ccc(F)cc2o1.O=c1cc(NC2CCN(Cc3ccc4c(c3)OCO4)CC2)c2cc(Cl)ccc2o1. The van der Waals surface area contributed by atoms with Crippen LogP contribution >= 0.6 is 11.6 Å². The molecule has 6 heterocycles. The van der Waals surface area contributed by atoms with Crippen molar-refractivity contribution >= 4 is 45.1 Å². The molecular weight excluding hydrogens is 795 g/mol. The van der Waals surface area contributed by atoms with Crippen LogP contribution < -0.4 is 40.6 Å². The van der Waals surface area contributed by atoms with Crippen LogP contribution in [-0.2, 0) is 13.1 Å². The summed E-state index contributed by atoms with van der Waals surface area (Å²) in [5, 5.41) is 8.16. The molecule has 4 aliphatic rings. The van der Waals surface area contributed by atoms with E-state index in [4.69, 9.17) is 39.4 Å². The zero-order valence-electron chi connectivity index (χ0n) is 32.5. The van der Waals surface area contributed by atoms with Crippen LogP contribution in [0.3, 0.4) is 0 Å². The number of rotatable bonds is 8. The second-order valence-electron chi connectivity index (χ2n) is 15.3. The summed E-state index contributed by atoms with van der Waals surface area (Å²) in [5.41, 5.74) is 3.04. The van der Waals surface area contributed by atoms with Crippen molar-refractivity contribution in [1.29, 1.82) is 0 Å². The number of ether oxygens (including phenoxy) is 4. The zero-order chi connectivity index (χ0) is 41.2. The maximum atomic E-state index is 13.5. The molecule has 0 unspecified atom stereocenters. The van der Waals surface area contributed by atoms with Gasteiger partial charge in [0.05, 0.1) is 11.1 Å². The summed E-state index contributed by atoms with van der Waals surface area (Å²) in [6.45, 7) is 5.85. The quantitative estimate of drug-likeness (QED) is 0.148. The molecule has 0 aliphatic carbocycles. The summed E-state index contributed by atoms with van der Waals surface area (Å²) in [6, 6.07) is 24.0. The molecule has 0 bridgehead atoms. The molecule has 0 saturated carbocycles. The summed E-state index contributed by atoms with van der Waals surface area (Å²) in [5.74, 6) is 2.10. The minimum Gasteiger partial charge on any atom is -0.454 e. The molecular formula is C45H42ClFN4O9. The Kier molecular flexibility index (Phi) is 11.3. The molecule has 0 radical (unpaired) electrons. The van der Waals surface area contributed by atoms with Gasteiger partial charge in [0.2, 0.25) is 13.6 Å². The molecule has 1 amide bonds. The highest BCUT2D eigenvalue weighted by Gasteiger charge is 2.25. The summed E-state index contributed by atoms with van der Waals surface area (Å²) in [7, 11) is 0. The van der Waals surface area contributed by atoms with E-state index in [9.17, 15) is 18.8 Å². The average Bonchev–Trinajstić information content (AvgIpc) is 3.92. The highest BCUT2D eigenvalue weighted by atomic mass is 35.5. The lowest BCUT2D eigenvalue weighted by Gasteiger charge is -2.33. The fourth-order valence-electron chi connectivity index (χ4n) is 8.04. The Morgan fingerprint density at radius 1 is 0.650 bits per heavy atom. The van der Waals surface area contributed by atoms with E-state index in [1.165, 1.54) is 23.8 Å². The summed E-state index contributed by atoms with van der Waals surface area (Å²) in [6.07, 6.45) is 3.55. The Balaban J connectivity index is 0.000000154. The van der Waals surface area contributed by atoms with Gasteiger partial charge in [-0.05, 0) is 91.4 Å². The number of carbonyl (C=O) groups excluding carboxylic acids is 1. The first kappa shape index (κ1) is 39.4. The maximum Gasteiger partial charge on any atom is 0.338 e. The van der Waals surface area contributed by atoms with Gasteiger partial charge in [-0.2, -0.15) is 0 Å². The number of halogens is 2. The number of benzene rings is 4. The average molecular weight is 837 g/mol. The molecule has 60 heavy (non-hydrogen) atoms. The van der Waals surface area contributed by atoms with E-state index in [-0.39, 0.29) is 40.6 Å². The lowest BCUT2D eigenvalue weighted by molar-refractivity contribution is 0.0881. The third-order valence-corrected chi connectivity index (χ3v) is 11.4. The number of piperidine rings is 2. The molecule has 4 aromatic carbocycles. The monoisotopic (exact) mass is 836 g/mol. The highest BCUT2D eigenvalue weighted by Crippen LogP contribution is 2.34. The Bertz CT molecular complexity index is 2670. The predicted octanol–water partition coefficient (Wildman–Crippen LogP) is 7.31. The number of nitrogens with one attached hydrogen (secondary N) is 2. The van der Waals surface area contributed by atoms with E-state index in [0.717, 1.165) is 117 Å². The molecule has 310 valence electrons. The van der Waals surface area contributed by atoms with Crippen LogP contribution in [0.25, 0.3) is 21.9 Å². The Morgan fingerprint density at radius 2 is 1.27 bits per heavy atom. The first-order valence-electron chi connectivity index (χ1n) is 19.9. The Labute approximate surface area is 348 Å². The van der Waals surface area contributed by atoms with Crippen molar-refractivity contribution in [3.05, 3.63) is 133 Å². The molecule has 0 spiro atoms. The van der Waals surface area contributed by atoms with E-state index < -0.39 is 11.7 Å². The van der Waals surface area contributed by atoms with E-state index >= 15 is 0 Å². The van der Waals surface area contributed by atoms with Gasteiger partial charge in [0.15, 0.2) is 34.2 Å². The van der Waals surface area contributed by atoms with Crippen molar-refractivity contribution in [2.45, 2.75) is 50.9 Å². The largest absolute Gasteiger partial charge is 0.454 e. The molecule has 13 nitrogen and oxygen atoms in total. The van der Waals surface area contributed by atoms with Gasteiger partial charge in [-0.15, -0.1) is 0 Å². The topological polar surface area (TPSA) is 145 Å². The van der Waals surface area contributed by atoms with Gasteiger partial charge in [-0.3, -0.25) is 19.4 Å². The van der Waals surface area contributed by atoms with Gasteiger partial charge in [-0.25, -0.2) is 9.18 Å².